The number of anilines is 2. The van der Waals surface area contributed by atoms with Crippen LogP contribution >= 0.6 is 0 Å². The van der Waals surface area contributed by atoms with Crippen LogP contribution in [-0.4, -0.2) is 46.1 Å². The maximum absolute atomic E-state index is 11.6. The smallest absolute Gasteiger partial charge is 0.329 e. The zero-order valence-corrected chi connectivity index (χ0v) is 15.4. The van der Waals surface area contributed by atoms with Gasteiger partial charge in [-0.1, -0.05) is 6.92 Å². The summed E-state index contributed by atoms with van der Waals surface area (Å²) in [6.45, 7) is 3.22. The highest BCUT2D eigenvalue weighted by atomic mass is 16.6. The highest BCUT2D eigenvalue weighted by Gasteiger charge is 2.36. The van der Waals surface area contributed by atoms with Crippen molar-refractivity contribution in [3.63, 3.8) is 0 Å². The van der Waals surface area contributed by atoms with Crippen molar-refractivity contribution in [3.8, 4) is 0 Å². The van der Waals surface area contributed by atoms with Crippen LogP contribution in [0.15, 0.2) is 6.20 Å². The van der Waals surface area contributed by atoms with Gasteiger partial charge >= 0.3 is 5.69 Å². The lowest BCUT2D eigenvalue weighted by atomic mass is 9.73. The maximum Gasteiger partial charge on any atom is 0.329 e. The van der Waals surface area contributed by atoms with Gasteiger partial charge in [0, 0.05) is 30.7 Å². The van der Waals surface area contributed by atoms with Crippen LogP contribution in [0.1, 0.15) is 45.4 Å². The molecule has 1 saturated heterocycles. The lowest BCUT2D eigenvalue weighted by molar-refractivity contribution is -0.384. The van der Waals surface area contributed by atoms with Gasteiger partial charge in [-0.2, -0.15) is 4.98 Å². The Morgan fingerprint density at radius 3 is 2.48 bits per heavy atom. The SMILES string of the molecule is CC1(C(N)=O)CCC(Nc2nc(NC3CCOCC3)ncc2[N+](=O)[O-])CC1. The molecule has 1 aromatic heterocycles. The fourth-order valence-electron chi connectivity index (χ4n) is 3.55. The van der Waals surface area contributed by atoms with Gasteiger partial charge in [-0.05, 0) is 38.5 Å². The summed E-state index contributed by atoms with van der Waals surface area (Å²) in [6, 6.07) is 0.195. The molecule has 2 fully saturated rings. The number of nitro groups is 1. The second-order valence-corrected chi connectivity index (χ2v) is 7.56. The number of hydrogen-bond donors (Lipinski definition) is 3. The molecule has 0 spiro atoms. The molecule has 1 aliphatic carbocycles. The highest BCUT2D eigenvalue weighted by molar-refractivity contribution is 5.80. The van der Waals surface area contributed by atoms with Crippen molar-refractivity contribution in [1.82, 2.24) is 9.97 Å². The van der Waals surface area contributed by atoms with Gasteiger partial charge < -0.3 is 21.1 Å². The third kappa shape index (κ3) is 4.62. The number of amides is 1. The van der Waals surface area contributed by atoms with Crippen molar-refractivity contribution in [1.29, 1.82) is 0 Å². The minimum atomic E-state index is -0.508. The van der Waals surface area contributed by atoms with Gasteiger partial charge in [0.1, 0.15) is 6.20 Å². The number of ether oxygens (including phenoxy) is 1. The molecule has 0 bridgehead atoms. The topological polar surface area (TPSA) is 145 Å². The Hall–Kier alpha value is -2.49. The molecule has 1 aromatic rings. The average Bonchev–Trinajstić information content (AvgIpc) is 2.64. The molecule has 10 heteroatoms. The van der Waals surface area contributed by atoms with Gasteiger partial charge in [0.05, 0.1) is 4.92 Å². The molecule has 0 radical (unpaired) electrons. The van der Waals surface area contributed by atoms with Gasteiger partial charge in [0.25, 0.3) is 0 Å². The van der Waals surface area contributed by atoms with Crippen LogP contribution in [0, 0.1) is 15.5 Å². The first-order chi connectivity index (χ1) is 12.9. The third-order valence-corrected chi connectivity index (χ3v) is 5.55. The number of carbonyl (C=O) groups is 1. The van der Waals surface area contributed by atoms with E-state index in [9.17, 15) is 14.9 Å². The maximum atomic E-state index is 11.6. The molecule has 1 aliphatic heterocycles. The largest absolute Gasteiger partial charge is 0.381 e. The monoisotopic (exact) mass is 378 g/mol. The van der Waals surface area contributed by atoms with Crippen molar-refractivity contribution >= 4 is 23.4 Å². The zero-order valence-electron chi connectivity index (χ0n) is 15.4. The molecule has 148 valence electrons. The van der Waals surface area contributed by atoms with Crippen molar-refractivity contribution in [2.24, 2.45) is 11.1 Å². The van der Waals surface area contributed by atoms with Crippen molar-refractivity contribution < 1.29 is 14.5 Å². The summed E-state index contributed by atoms with van der Waals surface area (Å²) < 4.78 is 5.33. The van der Waals surface area contributed by atoms with Crippen molar-refractivity contribution in [3.05, 3.63) is 16.3 Å². The van der Waals surface area contributed by atoms with Crippen LogP contribution < -0.4 is 16.4 Å². The molecule has 3 rings (SSSR count). The van der Waals surface area contributed by atoms with Crippen LogP contribution in [0.25, 0.3) is 0 Å². The fraction of sp³-hybridized carbons (Fsp3) is 0.706. The zero-order chi connectivity index (χ0) is 19.4. The predicted octanol–water partition coefficient (Wildman–Crippen LogP) is 1.82. The Bertz CT molecular complexity index is 699. The fourth-order valence-corrected chi connectivity index (χ4v) is 3.55. The quantitative estimate of drug-likeness (QED) is 0.502. The van der Waals surface area contributed by atoms with E-state index in [1.807, 2.05) is 6.92 Å². The number of primary amides is 1. The lowest BCUT2D eigenvalue weighted by Crippen LogP contribution is -2.40. The Kier molecular flexibility index (Phi) is 5.73. The predicted molar refractivity (Wildman–Crippen MR) is 99.3 cm³/mol. The summed E-state index contributed by atoms with van der Waals surface area (Å²) in [6.07, 6.45) is 5.60. The number of nitrogens with zero attached hydrogens (tertiary/aromatic N) is 3. The lowest BCUT2D eigenvalue weighted by Gasteiger charge is -2.35. The van der Waals surface area contributed by atoms with E-state index >= 15 is 0 Å². The Labute approximate surface area is 157 Å². The first kappa shape index (κ1) is 19.3. The normalized spacial score (nSPS) is 26.3. The molecule has 0 aromatic carbocycles. The van der Waals surface area contributed by atoms with Gasteiger partial charge in [0.15, 0.2) is 0 Å². The van der Waals surface area contributed by atoms with Gasteiger partial charge in [-0.25, -0.2) is 4.98 Å². The number of hydrogen-bond acceptors (Lipinski definition) is 8. The minimum absolute atomic E-state index is 0.00181. The Balaban J connectivity index is 1.70. The number of aromatic nitrogens is 2. The summed E-state index contributed by atoms with van der Waals surface area (Å²) in [4.78, 5) is 30.9. The summed E-state index contributed by atoms with van der Waals surface area (Å²) in [5, 5.41) is 17.7. The van der Waals surface area contributed by atoms with Crippen LogP contribution in [-0.2, 0) is 9.53 Å². The molecule has 10 nitrogen and oxygen atoms in total. The van der Waals surface area contributed by atoms with E-state index in [1.165, 1.54) is 6.20 Å². The number of nitrogens with one attached hydrogen (secondary N) is 2. The van der Waals surface area contributed by atoms with E-state index in [0.29, 0.717) is 44.8 Å². The molecular formula is C17H26N6O4. The average molecular weight is 378 g/mol. The van der Waals surface area contributed by atoms with Crippen molar-refractivity contribution in [2.75, 3.05) is 23.8 Å². The Morgan fingerprint density at radius 1 is 1.26 bits per heavy atom. The molecule has 0 unspecified atom stereocenters. The van der Waals surface area contributed by atoms with Crippen molar-refractivity contribution in [2.45, 2.75) is 57.5 Å². The highest BCUT2D eigenvalue weighted by Crippen LogP contribution is 2.37. The van der Waals surface area contributed by atoms with Crippen LogP contribution in [0.3, 0.4) is 0 Å². The molecular weight excluding hydrogens is 352 g/mol. The number of rotatable bonds is 6. The van der Waals surface area contributed by atoms with E-state index < -0.39 is 10.3 Å². The van der Waals surface area contributed by atoms with Crippen LogP contribution in [0.2, 0.25) is 0 Å². The number of nitrogens with two attached hydrogens (primary N) is 1. The van der Waals surface area contributed by atoms with E-state index in [1.54, 1.807) is 0 Å². The molecule has 4 N–H and O–H groups in total. The second kappa shape index (κ2) is 8.03. The third-order valence-electron chi connectivity index (χ3n) is 5.55. The molecule has 1 amide bonds. The van der Waals surface area contributed by atoms with Gasteiger partial charge in [-0.15, -0.1) is 0 Å². The summed E-state index contributed by atoms with van der Waals surface area (Å²) in [5.74, 6) is 0.280. The summed E-state index contributed by atoms with van der Waals surface area (Å²) in [7, 11) is 0. The standard InChI is InChI=1S/C17H26N6O4/c1-17(15(18)24)6-2-11(3-7-17)20-14-13(23(25)26)10-19-16(22-14)21-12-4-8-27-9-5-12/h10-12H,2-9H2,1H3,(H2,18,24)(H2,19,20,21,22). The molecule has 2 aliphatic rings. The second-order valence-electron chi connectivity index (χ2n) is 7.56. The van der Waals surface area contributed by atoms with E-state index in [-0.39, 0.29) is 29.5 Å². The van der Waals surface area contributed by atoms with Crippen LogP contribution in [0.4, 0.5) is 17.5 Å². The number of carbonyl (C=O) groups excluding carboxylic acids is 1. The summed E-state index contributed by atoms with van der Waals surface area (Å²) in [5.41, 5.74) is 4.82. The molecule has 1 saturated carbocycles. The molecule has 2 heterocycles. The van der Waals surface area contributed by atoms with E-state index in [2.05, 4.69) is 20.6 Å². The Morgan fingerprint density at radius 2 is 1.89 bits per heavy atom. The minimum Gasteiger partial charge on any atom is -0.381 e. The van der Waals surface area contributed by atoms with Gasteiger partial charge in [-0.3, -0.25) is 14.9 Å². The first-order valence-electron chi connectivity index (χ1n) is 9.29. The van der Waals surface area contributed by atoms with E-state index in [4.69, 9.17) is 10.5 Å². The first-order valence-corrected chi connectivity index (χ1v) is 9.29. The van der Waals surface area contributed by atoms with Gasteiger partial charge in [0.2, 0.25) is 17.7 Å². The molecule has 0 atom stereocenters. The van der Waals surface area contributed by atoms with E-state index in [0.717, 1.165) is 12.8 Å². The summed E-state index contributed by atoms with van der Waals surface area (Å²) >= 11 is 0. The molecule has 27 heavy (non-hydrogen) atoms. The van der Waals surface area contributed by atoms with Crippen LogP contribution in [0.5, 0.6) is 0 Å².